The minimum atomic E-state index is -1.17. The molecule has 8 nitrogen and oxygen atoms in total. The van der Waals surface area contributed by atoms with E-state index in [0.717, 1.165) is 4.90 Å². The van der Waals surface area contributed by atoms with Gasteiger partial charge in [-0.3, -0.25) is 24.1 Å². The molecule has 0 aliphatic carbocycles. The molecule has 1 aliphatic heterocycles. The molecule has 2 heterocycles. The van der Waals surface area contributed by atoms with Crippen LogP contribution in [0.25, 0.3) is 0 Å². The number of nitrogens with one attached hydrogen (secondary N) is 1. The number of carbonyl (C=O) groups is 5. The molecule has 31 heavy (non-hydrogen) atoms. The molecule has 8 heteroatoms. The molecule has 2 amide bonds. The monoisotopic (exact) mass is 424 g/mol. The Morgan fingerprint density at radius 3 is 2.03 bits per heavy atom. The van der Waals surface area contributed by atoms with Crippen LogP contribution in [-0.4, -0.2) is 51.9 Å². The molecule has 0 radical (unpaired) electrons. The summed E-state index contributed by atoms with van der Waals surface area (Å²) in [7, 11) is 0. The highest BCUT2D eigenvalue weighted by atomic mass is 16.5. The Morgan fingerprint density at radius 2 is 1.58 bits per heavy atom. The lowest BCUT2D eigenvalue weighted by Gasteiger charge is -2.27. The van der Waals surface area contributed by atoms with E-state index < -0.39 is 42.1 Å². The van der Waals surface area contributed by atoms with Crippen LogP contribution in [0.3, 0.4) is 0 Å². The van der Waals surface area contributed by atoms with Gasteiger partial charge >= 0.3 is 5.97 Å². The number of aromatic amines is 1. The zero-order valence-electron chi connectivity index (χ0n) is 18.1. The van der Waals surface area contributed by atoms with Crippen molar-refractivity contribution in [2.75, 3.05) is 6.61 Å². The third-order valence-corrected chi connectivity index (χ3v) is 5.39. The van der Waals surface area contributed by atoms with E-state index in [-0.39, 0.29) is 22.6 Å². The second kappa shape index (κ2) is 8.29. The molecule has 162 valence electrons. The number of H-pyrrole nitrogens is 1. The standard InChI is InChI=1S/C23H24N2O6/c1-11(2)20(25-21(28)15-8-6-7-9-16(15)22(25)29)23(30)31-10-17(27)19-12(3)18(14(5)26)13(4)24-19/h6-9,11,20,24H,10H2,1-5H3. The van der Waals surface area contributed by atoms with Gasteiger partial charge in [0.2, 0.25) is 5.78 Å². The lowest BCUT2D eigenvalue weighted by atomic mass is 10.0. The topological polar surface area (TPSA) is 114 Å². The largest absolute Gasteiger partial charge is 0.456 e. The zero-order valence-corrected chi connectivity index (χ0v) is 18.1. The van der Waals surface area contributed by atoms with E-state index in [1.54, 1.807) is 39.8 Å². The maximum Gasteiger partial charge on any atom is 0.330 e. The van der Waals surface area contributed by atoms with Crippen LogP contribution in [-0.2, 0) is 9.53 Å². The van der Waals surface area contributed by atoms with Crippen molar-refractivity contribution in [3.63, 3.8) is 0 Å². The van der Waals surface area contributed by atoms with E-state index in [1.165, 1.54) is 19.1 Å². The van der Waals surface area contributed by atoms with Crippen LogP contribution >= 0.6 is 0 Å². The Kier molecular flexibility index (Phi) is 5.92. The Labute approximate surface area is 179 Å². The van der Waals surface area contributed by atoms with Gasteiger partial charge < -0.3 is 9.72 Å². The van der Waals surface area contributed by atoms with Crippen molar-refractivity contribution in [3.8, 4) is 0 Å². The maximum atomic E-state index is 12.8. The summed E-state index contributed by atoms with van der Waals surface area (Å²) >= 11 is 0. The molecule has 1 aromatic heterocycles. The molecule has 1 aromatic carbocycles. The van der Waals surface area contributed by atoms with Crippen molar-refractivity contribution in [2.45, 2.75) is 40.7 Å². The van der Waals surface area contributed by atoms with Gasteiger partial charge in [-0.1, -0.05) is 26.0 Å². The molecule has 0 saturated carbocycles. The van der Waals surface area contributed by atoms with Crippen molar-refractivity contribution in [1.82, 2.24) is 9.88 Å². The summed E-state index contributed by atoms with van der Waals surface area (Å²) in [6, 6.07) is 5.19. The van der Waals surface area contributed by atoms with Crippen molar-refractivity contribution in [1.29, 1.82) is 0 Å². The first-order valence-electron chi connectivity index (χ1n) is 9.93. The number of hydrogen-bond donors (Lipinski definition) is 1. The zero-order chi connectivity index (χ0) is 23.0. The number of imide groups is 1. The summed E-state index contributed by atoms with van der Waals surface area (Å²) < 4.78 is 5.21. The Hall–Kier alpha value is -3.55. The fraction of sp³-hybridized carbons (Fsp3) is 0.348. The van der Waals surface area contributed by atoms with Gasteiger partial charge in [-0.15, -0.1) is 0 Å². The third-order valence-electron chi connectivity index (χ3n) is 5.39. The van der Waals surface area contributed by atoms with Crippen LogP contribution in [0.5, 0.6) is 0 Å². The minimum Gasteiger partial charge on any atom is -0.456 e. The van der Waals surface area contributed by atoms with Gasteiger partial charge in [0.15, 0.2) is 12.4 Å². The lowest BCUT2D eigenvalue weighted by Crippen LogP contribution is -2.49. The summed E-state index contributed by atoms with van der Waals surface area (Å²) in [5, 5.41) is 0. The molecule has 0 fully saturated rings. The Balaban J connectivity index is 1.78. The highest BCUT2D eigenvalue weighted by molar-refractivity contribution is 6.22. The van der Waals surface area contributed by atoms with Crippen LogP contribution in [0.4, 0.5) is 0 Å². The first kappa shape index (κ1) is 22.1. The van der Waals surface area contributed by atoms with Crippen LogP contribution < -0.4 is 0 Å². The smallest absolute Gasteiger partial charge is 0.330 e. The number of fused-ring (bicyclic) bond motifs is 1. The van der Waals surface area contributed by atoms with Gasteiger partial charge in [0.05, 0.1) is 16.8 Å². The van der Waals surface area contributed by atoms with Crippen LogP contribution in [0.1, 0.15) is 73.6 Å². The number of ketones is 2. The molecule has 3 rings (SSSR count). The normalized spacial score (nSPS) is 14.1. The predicted octanol–water partition coefficient (Wildman–Crippen LogP) is 2.88. The van der Waals surface area contributed by atoms with E-state index in [2.05, 4.69) is 4.98 Å². The average molecular weight is 424 g/mol. The van der Waals surface area contributed by atoms with Gasteiger partial charge in [-0.25, -0.2) is 4.79 Å². The number of carbonyl (C=O) groups excluding carboxylic acids is 5. The third kappa shape index (κ3) is 3.81. The fourth-order valence-corrected chi connectivity index (χ4v) is 3.99. The molecular formula is C23H24N2O6. The van der Waals surface area contributed by atoms with Crippen molar-refractivity contribution in [3.05, 3.63) is 57.9 Å². The second-order valence-corrected chi connectivity index (χ2v) is 7.93. The number of aromatic nitrogens is 1. The van der Waals surface area contributed by atoms with Gasteiger partial charge in [0.1, 0.15) is 6.04 Å². The first-order chi connectivity index (χ1) is 14.6. The summed E-state index contributed by atoms with van der Waals surface area (Å²) in [4.78, 5) is 66.5. The van der Waals surface area contributed by atoms with E-state index in [9.17, 15) is 24.0 Å². The van der Waals surface area contributed by atoms with Crippen molar-refractivity contribution in [2.24, 2.45) is 5.92 Å². The van der Waals surface area contributed by atoms with E-state index in [0.29, 0.717) is 16.8 Å². The Bertz CT molecular complexity index is 1080. The highest BCUT2D eigenvalue weighted by Crippen LogP contribution is 2.28. The minimum absolute atomic E-state index is 0.173. The number of ether oxygens (including phenoxy) is 1. The number of Topliss-reactive ketones (excluding diaryl/α,β-unsaturated/α-hetero) is 2. The molecule has 0 saturated heterocycles. The van der Waals surface area contributed by atoms with Gasteiger partial charge in [-0.2, -0.15) is 0 Å². The predicted molar refractivity (Wildman–Crippen MR) is 111 cm³/mol. The van der Waals surface area contributed by atoms with Gasteiger partial charge in [0.25, 0.3) is 11.8 Å². The average Bonchev–Trinajstić information content (AvgIpc) is 3.14. The number of amides is 2. The summed E-state index contributed by atoms with van der Waals surface area (Å²) in [5.74, 6) is -3.08. The van der Waals surface area contributed by atoms with E-state index >= 15 is 0 Å². The van der Waals surface area contributed by atoms with Crippen LogP contribution in [0, 0.1) is 19.8 Å². The Morgan fingerprint density at radius 1 is 1.03 bits per heavy atom. The van der Waals surface area contributed by atoms with Crippen molar-refractivity contribution < 1.29 is 28.7 Å². The fourth-order valence-electron chi connectivity index (χ4n) is 3.99. The van der Waals surface area contributed by atoms with Crippen LogP contribution in [0.15, 0.2) is 24.3 Å². The number of hydrogen-bond acceptors (Lipinski definition) is 6. The number of esters is 1. The molecule has 0 bridgehead atoms. The lowest BCUT2D eigenvalue weighted by molar-refractivity contribution is -0.148. The highest BCUT2D eigenvalue weighted by Gasteiger charge is 2.44. The molecule has 1 aliphatic rings. The van der Waals surface area contributed by atoms with Crippen molar-refractivity contribution >= 4 is 29.4 Å². The quantitative estimate of drug-likeness (QED) is 0.415. The van der Waals surface area contributed by atoms with Gasteiger partial charge in [0, 0.05) is 11.3 Å². The number of nitrogens with zero attached hydrogens (tertiary/aromatic N) is 1. The number of rotatable bonds is 7. The molecular weight excluding hydrogens is 400 g/mol. The molecule has 1 unspecified atom stereocenters. The summed E-state index contributed by atoms with van der Waals surface area (Å²) in [5.41, 5.74) is 2.14. The molecule has 0 spiro atoms. The summed E-state index contributed by atoms with van der Waals surface area (Å²) in [6.07, 6.45) is 0. The van der Waals surface area contributed by atoms with Gasteiger partial charge in [-0.05, 0) is 44.4 Å². The molecule has 1 atom stereocenters. The molecule has 1 N–H and O–H groups in total. The number of aryl methyl sites for hydroxylation is 1. The second-order valence-electron chi connectivity index (χ2n) is 7.93. The first-order valence-corrected chi connectivity index (χ1v) is 9.93. The number of benzene rings is 1. The van der Waals surface area contributed by atoms with E-state index in [4.69, 9.17) is 4.74 Å². The van der Waals surface area contributed by atoms with Crippen LogP contribution in [0.2, 0.25) is 0 Å². The summed E-state index contributed by atoms with van der Waals surface area (Å²) in [6.45, 7) is 7.54. The molecule has 2 aromatic rings. The SMILES string of the molecule is CC(=O)c1c(C)[nH]c(C(=O)COC(=O)C(C(C)C)N2C(=O)c3ccccc3C2=O)c1C. The maximum absolute atomic E-state index is 12.8. The van der Waals surface area contributed by atoms with E-state index in [1.807, 2.05) is 0 Å².